The highest BCUT2D eigenvalue weighted by molar-refractivity contribution is 4.95. The molecule has 2 heteroatoms. The van der Waals surface area contributed by atoms with Gasteiger partial charge in [0.25, 0.3) is 0 Å². The normalized spacial score (nSPS) is 25.4. The molecule has 1 saturated heterocycles. The lowest BCUT2D eigenvalue weighted by atomic mass is 10.1. The van der Waals surface area contributed by atoms with Crippen molar-refractivity contribution in [3.8, 4) is 0 Å². The maximum atomic E-state index is 9.38. The summed E-state index contributed by atoms with van der Waals surface area (Å²) < 4.78 is 0. The van der Waals surface area contributed by atoms with Crippen molar-refractivity contribution in [1.82, 2.24) is 4.90 Å². The highest BCUT2D eigenvalue weighted by Crippen LogP contribution is 2.09. The van der Waals surface area contributed by atoms with Crippen LogP contribution in [0.3, 0.4) is 0 Å². The Morgan fingerprint density at radius 3 is 2.92 bits per heavy atom. The maximum Gasteiger partial charge on any atom is 0.0667 e. The molecule has 70 valence electrons. The van der Waals surface area contributed by atoms with Gasteiger partial charge in [-0.25, -0.2) is 0 Å². The van der Waals surface area contributed by atoms with Crippen LogP contribution >= 0.6 is 0 Å². The Hall–Kier alpha value is -0.340. The fourth-order valence-corrected chi connectivity index (χ4v) is 1.51. The monoisotopic (exact) mass is 169 g/mol. The molecule has 1 atom stereocenters. The highest BCUT2D eigenvalue weighted by Gasteiger charge is 2.15. The van der Waals surface area contributed by atoms with E-state index in [0.29, 0.717) is 0 Å². The molecule has 2 nitrogen and oxygen atoms in total. The molecule has 0 spiro atoms. The van der Waals surface area contributed by atoms with Crippen molar-refractivity contribution in [2.75, 3.05) is 19.6 Å². The van der Waals surface area contributed by atoms with E-state index in [0.717, 1.165) is 32.5 Å². The zero-order chi connectivity index (χ0) is 8.97. The molecule has 0 saturated carbocycles. The van der Waals surface area contributed by atoms with Gasteiger partial charge in [0.2, 0.25) is 0 Å². The largest absolute Gasteiger partial charge is 0.392 e. The summed E-state index contributed by atoms with van der Waals surface area (Å²) in [4.78, 5) is 2.31. The number of aliphatic hydroxyl groups is 1. The minimum Gasteiger partial charge on any atom is -0.392 e. The third kappa shape index (κ3) is 3.37. The molecule has 0 aromatic carbocycles. The zero-order valence-electron chi connectivity index (χ0n) is 8.08. The molecule has 0 aromatic heterocycles. The Morgan fingerprint density at radius 2 is 2.33 bits per heavy atom. The van der Waals surface area contributed by atoms with Crippen LogP contribution in [-0.2, 0) is 0 Å². The summed E-state index contributed by atoms with van der Waals surface area (Å²) >= 11 is 0. The molecule has 1 aliphatic rings. The molecule has 0 amide bonds. The number of piperidine rings is 1. The SMILES string of the molecule is CC(C)=CCN1CCCC(O)C1. The summed E-state index contributed by atoms with van der Waals surface area (Å²) in [6, 6.07) is 0. The van der Waals surface area contributed by atoms with Gasteiger partial charge in [0.1, 0.15) is 0 Å². The van der Waals surface area contributed by atoms with Gasteiger partial charge in [0, 0.05) is 13.1 Å². The van der Waals surface area contributed by atoms with Gasteiger partial charge in [-0.15, -0.1) is 0 Å². The van der Waals surface area contributed by atoms with Crippen molar-refractivity contribution in [3.05, 3.63) is 11.6 Å². The summed E-state index contributed by atoms with van der Waals surface area (Å²) in [5.74, 6) is 0. The van der Waals surface area contributed by atoms with Gasteiger partial charge in [0.05, 0.1) is 6.10 Å². The summed E-state index contributed by atoms with van der Waals surface area (Å²) in [7, 11) is 0. The van der Waals surface area contributed by atoms with Crippen LogP contribution in [0.2, 0.25) is 0 Å². The van der Waals surface area contributed by atoms with E-state index in [9.17, 15) is 5.11 Å². The molecule has 12 heavy (non-hydrogen) atoms. The van der Waals surface area contributed by atoms with Crippen LogP contribution in [-0.4, -0.2) is 35.7 Å². The van der Waals surface area contributed by atoms with Crippen LogP contribution in [0.5, 0.6) is 0 Å². The molecule has 1 aliphatic heterocycles. The minimum absolute atomic E-state index is 0.0932. The smallest absolute Gasteiger partial charge is 0.0667 e. The van der Waals surface area contributed by atoms with Crippen LogP contribution in [0.15, 0.2) is 11.6 Å². The topological polar surface area (TPSA) is 23.5 Å². The predicted octanol–water partition coefficient (Wildman–Crippen LogP) is 1.41. The third-order valence-corrected chi connectivity index (χ3v) is 2.24. The zero-order valence-corrected chi connectivity index (χ0v) is 8.08. The first-order valence-corrected chi connectivity index (χ1v) is 4.72. The van der Waals surface area contributed by atoms with Crippen LogP contribution in [0.1, 0.15) is 26.7 Å². The maximum absolute atomic E-state index is 9.38. The van der Waals surface area contributed by atoms with Crippen molar-refractivity contribution in [2.45, 2.75) is 32.8 Å². The summed E-state index contributed by atoms with van der Waals surface area (Å²) in [5, 5.41) is 9.38. The molecule has 0 radical (unpaired) electrons. The molecule has 0 aromatic rings. The Labute approximate surface area is 74.9 Å². The summed E-state index contributed by atoms with van der Waals surface area (Å²) in [6.07, 6.45) is 4.24. The molecular formula is C10H19NO. The van der Waals surface area contributed by atoms with Crippen molar-refractivity contribution >= 4 is 0 Å². The molecule has 0 aliphatic carbocycles. The summed E-state index contributed by atoms with van der Waals surface area (Å²) in [6.45, 7) is 7.21. The van der Waals surface area contributed by atoms with E-state index in [1.807, 2.05) is 0 Å². The van der Waals surface area contributed by atoms with Crippen LogP contribution in [0, 0.1) is 0 Å². The minimum atomic E-state index is -0.0932. The fraction of sp³-hybridized carbons (Fsp3) is 0.800. The molecule has 1 N–H and O–H groups in total. The second kappa shape index (κ2) is 4.63. The fourth-order valence-electron chi connectivity index (χ4n) is 1.51. The van der Waals surface area contributed by atoms with E-state index in [1.165, 1.54) is 5.57 Å². The lowest BCUT2D eigenvalue weighted by molar-refractivity contribution is 0.0769. The Kier molecular flexibility index (Phi) is 3.76. The second-order valence-corrected chi connectivity index (χ2v) is 3.84. The van der Waals surface area contributed by atoms with E-state index in [2.05, 4.69) is 24.8 Å². The van der Waals surface area contributed by atoms with E-state index in [-0.39, 0.29) is 6.10 Å². The third-order valence-electron chi connectivity index (χ3n) is 2.24. The molecule has 0 bridgehead atoms. The van der Waals surface area contributed by atoms with Gasteiger partial charge in [-0.2, -0.15) is 0 Å². The van der Waals surface area contributed by atoms with Crippen molar-refractivity contribution < 1.29 is 5.11 Å². The highest BCUT2D eigenvalue weighted by atomic mass is 16.3. The first-order chi connectivity index (χ1) is 5.68. The number of allylic oxidation sites excluding steroid dienone is 1. The van der Waals surface area contributed by atoms with E-state index in [4.69, 9.17) is 0 Å². The predicted molar refractivity (Wildman–Crippen MR) is 51.1 cm³/mol. The van der Waals surface area contributed by atoms with E-state index >= 15 is 0 Å². The lowest BCUT2D eigenvalue weighted by Crippen LogP contribution is -2.38. The Bertz CT molecular complexity index is 161. The van der Waals surface area contributed by atoms with Crippen molar-refractivity contribution in [2.24, 2.45) is 0 Å². The Morgan fingerprint density at radius 1 is 1.58 bits per heavy atom. The average Bonchev–Trinajstić information content (AvgIpc) is 2.01. The first-order valence-electron chi connectivity index (χ1n) is 4.72. The van der Waals surface area contributed by atoms with Gasteiger partial charge in [-0.3, -0.25) is 4.90 Å². The molecular weight excluding hydrogens is 150 g/mol. The van der Waals surface area contributed by atoms with Gasteiger partial charge in [-0.05, 0) is 33.2 Å². The van der Waals surface area contributed by atoms with Crippen LogP contribution in [0.25, 0.3) is 0 Å². The number of rotatable bonds is 2. The van der Waals surface area contributed by atoms with Crippen molar-refractivity contribution in [1.29, 1.82) is 0 Å². The average molecular weight is 169 g/mol. The lowest BCUT2D eigenvalue weighted by Gasteiger charge is -2.28. The van der Waals surface area contributed by atoms with Gasteiger partial charge in [-0.1, -0.05) is 11.6 Å². The van der Waals surface area contributed by atoms with Crippen LogP contribution < -0.4 is 0 Å². The van der Waals surface area contributed by atoms with E-state index < -0.39 is 0 Å². The number of hydrogen-bond donors (Lipinski definition) is 1. The van der Waals surface area contributed by atoms with E-state index in [1.54, 1.807) is 0 Å². The molecule has 1 unspecified atom stereocenters. The number of aliphatic hydroxyl groups excluding tert-OH is 1. The summed E-state index contributed by atoms with van der Waals surface area (Å²) in [5.41, 5.74) is 1.36. The molecule has 1 heterocycles. The van der Waals surface area contributed by atoms with Crippen molar-refractivity contribution in [3.63, 3.8) is 0 Å². The number of likely N-dealkylation sites (tertiary alicyclic amines) is 1. The first kappa shape index (κ1) is 9.75. The van der Waals surface area contributed by atoms with Gasteiger partial charge in [0.15, 0.2) is 0 Å². The quantitative estimate of drug-likeness (QED) is 0.632. The number of β-amino-alcohol motifs (C(OH)–C–C–N with tert-alkyl or cyclic N) is 1. The number of nitrogens with zero attached hydrogens (tertiary/aromatic N) is 1. The van der Waals surface area contributed by atoms with Crippen LogP contribution in [0.4, 0.5) is 0 Å². The molecule has 1 rings (SSSR count). The standard InChI is InChI=1S/C10H19NO/c1-9(2)5-7-11-6-3-4-10(12)8-11/h5,10,12H,3-4,6-8H2,1-2H3. The Balaban J connectivity index is 2.27. The van der Waals surface area contributed by atoms with Gasteiger partial charge < -0.3 is 5.11 Å². The second-order valence-electron chi connectivity index (χ2n) is 3.84. The van der Waals surface area contributed by atoms with Gasteiger partial charge >= 0.3 is 0 Å². The number of hydrogen-bond acceptors (Lipinski definition) is 2. The molecule has 1 fully saturated rings.